The minimum atomic E-state index is -0.636. The molecule has 1 aromatic heterocycles. The molecule has 3 aliphatic rings. The minimum absolute atomic E-state index is 0.131. The quantitative estimate of drug-likeness (QED) is 0.938. The molecule has 2 bridgehead atoms. The zero-order chi connectivity index (χ0) is 15.5. The first kappa shape index (κ1) is 13.6. The second-order valence-corrected chi connectivity index (χ2v) is 6.75. The fraction of sp³-hybridized carbons (Fsp3) is 0.444. The Labute approximate surface area is 129 Å². The van der Waals surface area contributed by atoms with Crippen LogP contribution in [0.25, 0.3) is 11.1 Å². The number of carbonyl (C=O) groups is 1. The molecule has 0 saturated heterocycles. The third-order valence-corrected chi connectivity index (χ3v) is 5.70. The van der Waals surface area contributed by atoms with Gasteiger partial charge < -0.3 is 9.63 Å². The molecule has 3 fully saturated rings. The van der Waals surface area contributed by atoms with E-state index in [1.807, 2.05) is 13.8 Å². The molecule has 2 aromatic rings. The highest BCUT2D eigenvalue weighted by Crippen LogP contribution is 2.64. The number of rotatable bonds is 3. The number of benzene rings is 1. The SMILES string of the molecule is Cc1noc(C)c1-c1ccc([C@@]23CC[C@@H](C2)[C@@H]3C(=O)O)cc1. The summed E-state index contributed by atoms with van der Waals surface area (Å²) in [5.41, 5.74) is 4.04. The van der Waals surface area contributed by atoms with Crippen molar-refractivity contribution in [3.05, 3.63) is 41.3 Å². The number of carboxylic acids is 1. The Balaban J connectivity index is 1.70. The standard InChI is InChI=1S/C18H19NO3/c1-10-15(11(2)22-19-10)12-3-5-14(6-4-12)18-8-7-13(9-18)16(18)17(20)21/h3-6,13,16H,7-9H2,1-2H3,(H,20,21)/t13-,16+,18+/m0/s1. The van der Waals surface area contributed by atoms with Gasteiger partial charge >= 0.3 is 5.97 Å². The molecular formula is C18H19NO3. The van der Waals surface area contributed by atoms with Crippen LogP contribution in [0.3, 0.4) is 0 Å². The number of nitrogens with zero attached hydrogens (tertiary/aromatic N) is 1. The molecule has 0 amide bonds. The lowest BCUT2D eigenvalue weighted by atomic mass is 9.57. The predicted molar refractivity (Wildman–Crippen MR) is 81.6 cm³/mol. The van der Waals surface area contributed by atoms with E-state index in [0.717, 1.165) is 41.8 Å². The van der Waals surface area contributed by atoms with Gasteiger partial charge in [0.15, 0.2) is 0 Å². The lowest BCUT2D eigenvalue weighted by Gasteiger charge is -2.45. The number of fused-ring (bicyclic) bond motifs is 1. The van der Waals surface area contributed by atoms with Gasteiger partial charge in [0.25, 0.3) is 0 Å². The van der Waals surface area contributed by atoms with E-state index in [4.69, 9.17) is 4.52 Å². The van der Waals surface area contributed by atoms with Crippen molar-refractivity contribution in [1.29, 1.82) is 0 Å². The van der Waals surface area contributed by atoms with Crippen LogP contribution in [0.15, 0.2) is 28.8 Å². The molecule has 0 spiro atoms. The number of hydrogen-bond donors (Lipinski definition) is 1. The summed E-state index contributed by atoms with van der Waals surface area (Å²) in [5.74, 6) is 0.358. The van der Waals surface area contributed by atoms with Crippen LogP contribution in [0.4, 0.5) is 0 Å². The van der Waals surface area contributed by atoms with E-state index in [-0.39, 0.29) is 11.3 Å². The summed E-state index contributed by atoms with van der Waals surface area (Å²) in [5, 5.41) is 13.5. The van der Waals surface area contributed by atoms with Crippen molar-refractivity contribution in [3.8, 4) is 11.1 Å². The molecule has 4 nitrogen and oxygen atoms in total. The highest BCUT2D eigenvalue weighted by molar-refractivity contribution is 5.76. The topological polar surface area (TPSA) is 63.3 Å². The van der Waals surface area contributed by atoms with E-state index < -0.39 is 5.97 Å². The molecule has 22 heavy (non-hydrogen) atoms. The highest BCUT2D eigenvalue weighted by Gasteiger charge is 2.62. The maximum atomic E-state index is 11.5. The van der Waals surface area contributed by atoms with Gasteiger partial charge in [0.2, 0.25) is 0 Å². The summed E-state index contributed by atoms with van der Waals surface area (Å²) in [6.07, 6.45) is 3.07. The van der Waals surface area contributed by atoms with E-state index in [1.54, 1.807) is 0 Å². The third kappa shape index (κ3) is 1.64. The maximum absolute atomic E-state index is 11.5. The van der Waals surface area contributed by atoms with Gasteiger partial charge in [0, 0.05) is 11.0 Å². The van der Waals surface area contributed by atoms with Gasteiger partial charge in [0.1, 0.15) is 5.76 Å². The van der Waals surface area contributed by atoms with Crippen LogP contribution in [0, 0.1) is 25.7 Å². The molecule has 4 heteroatoms. The lowest BCUT2D eigenvalue weighted by molar-refractivity contribution is -0.150. The molecule has 114 valence electrons. The summed E-state index contributed by atoms with van der Waals surface area (Å²) >= 11 is 0. The van der Waals surface area contributed by atoms with Gasteiger partial charge in [-0.15, -0.1) is 0 Å². The number of aryl methyl sites for hydroxylation is 2. The van der Waals surface area contributed by atoms with Gasteiger partial charge in [-0.05, 0) is 50.2 Å². The van der Waals surface area contributed by atoms with Gasteiger partial charge in [-0.3, -0.25) is 4.79 Å². The third-order valence-electron chi connectivity index (χ3n) is 5.70. The van der Waals surface area contributed by atoms with E-state index in [0.29, 0.717) is 5.92 Å². The highest BCUT2D eigenvalue weighted by atomic mass is 16.5. The summed E-state index contributed by atoms with van der Waals surface area (Å²) < 4.78 is 5.23. The second-order valence-electron chi connectivity index (χ2n) is 6.75. The first-order valence-corrected chi connectivity index (χ1v) is 7.79. The molecule has 0 aliphatic heterocycles. The normalized spacial score (nSPS) is 29.4. The van der Waals surface area contributed by atoms with Crippen molar-refractivity contribution in [3.63, 3.8) is 0 Å². The number of aliphatic carboxylic acids is 1. The Morgan fingerprint density at radius 2 is 2.05 bits per heavy atom. The molecular weight excluding hydrogens is 278 g/mol. The molecule has 0 unspecified atom stereocenters. The predicted octanol–water partition coefficient (Wildman–Crippen LogP) is 3.71. The van der Waals surface area contributed by atoms with Crippen LogP contribution >= 0.6 is 0 Å². The average Bonchev–Trinajstić information content (AvgIpc) is 3.13. The van der Waals surface area contributed by atoms with E-state index >= 15 is 0 Å². The Morgan fingerprint density at radius 3 is 2.59 bits per heavy atom. The zero-order valence-corrected chi connectivity index (χ0v) is 12.8. The summed E-state index contributed by atoms with van der Waals surface area (Å²) in [6.45, 7) is 3.85. The number of aromatic nitrogens is 1. The van der Waals surface area contributed by atoms with Crippen LogP contribution in [0.5, 0.6) is 0 Å². The van der Waals surface area contributed by atoms with Crippen molar-refractivity contribution in [2.45, 2.75) is 38.5 Å². The van der Waals surface area contributed by atoms with Gasteiger partial charge in [-0.25, -0.2) is 0 Å². The van der Waals surface area contributed by atoms with Crippen LogP contribution in [0.1, 0.15) is 36.3 Å². The van der Waals surface area contributed by atoms with Crippen molar-refractivity contribution >= 4 is 5.97 Å². The average molecular weight is 297 g/mol. The van der Waals surface area contributed by atoms with E-state index in [2.05, 4.69) is 29.4 Å². The number of carboxylic acid groups (broad SMARTS) is 1. The molecule has 3 aliphatic carbocycles. The summed E-state index contributed by atoms with van der Waals surface area (Å²) in [4.78, 5) is 11.5. The fourth-order valence-electron chi connectivity index (χ4n) is 4.72. The second kappa shape index (κ2) is 4.45. The summed E-state index contributed by atoms with van der Waals surface area (Å²) in [6, 6.07) is 8.33. The Hall–Kier alpha value is -2.10. The molecule has 1 N–H and O–H groups in total. The minimum Gasteiger partial charge on any atom is -0.481 e. The Morgan fingerprint density at radius 1 is 1.32 bits per heavy atom. The van der Waals surface area contributed by atoms with Gasteiger partial charge in [0.05, 0.1) is 11.6 Å². The molecule has 3 atom stereocenters. The van der Waals surface area contributed by atoms with Crippen LogP contribution in [-0.4, -0.2) is 16.2 Å². The lowest BCUT2D eigenvalue weighted by Crippen LogP contribution is -2.48. The fourth-order valence-corrected chi connectivity index (χ4v) is 4.72. The van der Waals surface area contributed by atoms with Gasteiger partial charge in [-0.2, -0.15) is 0 Å². The van der Waals surface area contributed by atoms with E-state index in [9.17, 15) is 9.90 Å². The Kier molecular flexibility index (Phi) is 2.74. The van der Waals surface area contributed by atoms with Crippen molar-refractivity contribution in [1.82, 2.24) is 5.16 Å². The molecule has 5 rings (SSSR count). The van der Waals surface area contributed by atoms with E-state index in [1.165, 1.54) is 5.56 Å². The molecule has 3 saturated carbocycles. The molecule has 1 aromatic carbocycles. The largest absolute Gasteiger partial charge is 0.481 e. The maximum Gasteiger partial charge on any atom is 0.307 e. The smallest absolute Gasteiger partial charge is 0.307 e. The first-order valence-electron chi connectivity index (χ1n) is 7.79. The monoisotopic (exact) mass is 297 g/mol. The zero-order valence-electron chi connectivity index (χ0n) is 12.8. The first-order chi connectivity index (χ1) is 10.5. The van der Waals surface area contributed by atoms with Gasteiger partial charge in [-0.1, -0.05) is 29.4 Å². The van der Waals surface area contributed by atoms with Crippen molar-refractivity contribution < 1.29 is 14.4 Å². The van der Waals surface area contributed by atoms with Crippen LogP contribution < -0.4 is 0 Å². The Bertz CT molecular complexity index is 723. The molecule has 1 heterocycles. The van der Waals surface area contributed by atoms with Crippen LogP contribution in [0.2, 0.25) is 0 Å². The van der Waals surface area contributed by atoms with Crippen LogP contribution in [-0.2, 0) is 10.2 Å². The molecule has 0 radical (unpaired) electrons. The van der Waals surface area contributed by atoms with Crippen molar-refractivity contribution in [2.24, 2.45) is 11.8 Å². The summed E-state index contributed by atoms with van der Waals surface area (Å²) in [7, 11) is 0. The number of hydrogen-bond acceptors (Lipinski definition) is 3. The van der Waals surface area contributed by atoms with Crippen molar-refractivity contribution in [2.75, 3.05) is 0 Å².